The van der Waals surface area contributed by atoms with Gasteiger partial charge in [0.25, 0.3) is 5.91 Å². The van der Waals surface area contributed by atoms with Gasteiger partial charge in [-0.3, -0.25) is 10.1 Å². The Balaban J connectivity index is 1.84. The number of amides is 2. The van der Waals surface area contributed by atoms with Gasteiger partial charge in [-0.15, -0.1) is 0 Å². The van der Waals surface area contributed by atoms with E-state index in [0.717, 1.165) is 5.56 Å². The summed E-state index contributed by atoms with van der Waals surface area (Å²) >= 11 is 0. The number of hydrogen-bond acceptors (Lipinski definition) is 5. The summed E-state index contributed by atoms with van der Waals surface area (Å²) in [5.41, 5.74) is 1.24. The highest BCUT2D eigenvalue weighted by atomic mass is 32.2. The predicted octanol–water partition coefficient (Wildman–Crippen LogP) is 2.65. The van der Waals surface area contributed by atoms with E-state index in [1.165, 1.54) is 12.1 Å². The van der Waals surface area contributed by atoms with Crippen molar-refractivity contribution in [3.8, 4) is 0 Å². The molecule has 8 nitrogen and oxygen atoms in total. The molecule has 0 heterocycles. The molecular formula is C20H25N3O5S. The molecule has 0 aliphatic rings. The summed E-state index contributed by atoms with van der Waals surface area (Å²) in [6, 6.07) is 12.6. The molecule has 0 aliphatic carbocycles. The van der Waals surface area contributed by atoms with E-state index in [1.54, 1.807) is 57.2 Å². The van der Waals surface area contributed by atoms with Crippen LogP contribution in [-0.4, -0.2) is 32.6 Å². The minimum absolute atomic E-state index is 0.0466. The molecule has 0 unspecified atom stereocenters. The SMILES string of the molecule is CC(C)(C)OC(=O)Nc1ccc(C(=O)NCCc2ccc(S(N)(=O)=O)cc2)cc1. The van der Waals surface area contributed by atoms with E-state index >= 15 is 0 Å². The van der Waals surface area contributed by atoms with Crippen LogP contribution in [0.25, 0.3) is 0 Å². The van der Waals surface area contributed by atoms with Gasteiger partial charge in [0.1, 0.15) is 5.60 Å². The summed E-state index contributed by atoms with van der Waals surface area (Å²) in [5, 5.41) is 10.4. The number of ether oxygens (including phenoxy) is 1. The number of hydrogen-bond donors (Lipinski definition) is 3. The second kappa shape index (κ2) is 9.06. The van der Waals surface area contributed by atoms with E-state index in [-0.39, 0.29) is 10.8 Å². The summed E-state index contributed by atoms with van der Waals surface area (Å²) < 4.78 is 27.6. The fourth-order valence-corrected chi connectivity index (χ4v) is 2.91. The molecule has 156 valence electrons. The third kappa shape index (κ3) is 7.55. The van der Waals surface area contributed by atoms with Crippen LogP contribution in [0, 0.1) is 0 Å². The minimum atomic E-state index is -3.71. The number of anilines is 1. The number of primary sulfonamides is 1. The molecule has 29 heavy (non-hydrogen) atoms. The van der Waals surface area contributed by atoms with Gasteiger partial charge in [-0.1, -0.05) is 12.1 Å². The van der Waals surface area contributed by atoms with Gasteiger partial charge in [0.05, 0.1) is 4.90 Å². The van der Waals surface area contributed by atoms with E-state index in [2.05, 4.69) is 10.6 Å². The maximum absolute atomic E-state index is 12.2. The molecule has 0 radical (unpaired) electrons. The Morgan fingerprint density at radius 1 is 1.00 bits per heavy atom. The Bertz CT molecular complexity index is 963. The van der Waals surface area contributed by atoms with Crippen molar-refractivity contribution in [1.29, 1.82) is 0 Å². The van der Waals surface area contributed by atoms with Crippen molar-refractivity contribution in [3.63, 3.8) is 0 Å². The zero-order valence-electron chi connectivity index (χ0n) is 16.6. The molecule has 0 fully saturated rings. The number of carbonyl (C=O) groups excluding carboxylic acids is 2. The predicted molar refractivity (Wildman–Crippen MR) is 110 cm³/mol. The summed E-state index contributed by atoms with van der Waals surface area (Å²) in [4.78, 5) is 24.0. The van der Waals surface area contributed by atoms with Crippen LogP contribution in [-0.2, 0) is 21.2 Å². The maximum atomic E-state index is 12.2. The van der Waals surface area contributed by atoms with Gasteiger partial charge >= 0.3 is 6.09 Å². The first-order valence-electron chi connectivity index (χ1n) is 8.94. The normalized spacial score (nSPS) is 11.6. The molecule has 0 saturated heterocycles. The summed E-state index contributed by atoms with van der Waals surface area (Å²) in [7, 11) is -3.71. The molecule has 4 N–H and O–H groups in total. The molecule has 0 aliphatic heterocycles. The van der Waals surface area contributed by atoms with Gasteiger partial charge in [-0.05, 0) is 69.2 Å². The Labute approximate surface area is 170 Å². The number of sulfonamides is 1. The van der Waals surface area contributed by atoms with Crippen LogP contribution in [0.15, 0.2) is 53.4 Å². The quantitative estimate of drug-likeness (QED) is 0.663. The molecule has 0 bridgehead atoms. The van der Waals surface area contributed by atoms with E-state index in [4.69, 9.17) is 9.88 Å². The van der Waals surface area contributed by atoms with Crippen molar-refractivity contribution in [2.45, 2.75) is 37.7 Å². The monoisotopic (exact) mass is 419 g/mol. The van der Waals surface area contributed by atoms with Crippen molar-refractivity contribution in [2.75, 3.05) is 11.9 Å². The summed E-state index contributed by atoms with van der Waals surface area (Å²) in [6.45, 7) is 5.70. The van der Waals surface area contributed by atoms with E-state index in [9.17, 15) is 18.0 Å². The van der Waals surface area contributed by atoms with Crippen LogP contribution in [0.3, 0.4) is 0 Å². The molecule has 2 amide bonds. The summed E-state index contributed by atoms with van der Waals surface area (Å²) in [5.74, 6) is -0.255. The van der Waals surface area contributed by atoms with Crippen LogP contribution in [0.4, 0.5) is 10.5 Å². The lowest BCUT2D eigenvalue weighted by Gasteiger charge is -2.19. The molecule has 0 aromatic heterocycles. The van der Waals surface area contributed by atoms with Gasteiger partial charge in [0.2, 0.25) is 10.0 Å². The van der Waals surface area contributed by atoms with Crippen molar-refractivity contribution in [3.05, 3.63) is 59.7 Å². The standard InChI is InChI=1S/C20H25N3O5S/c1-20(2,3)28-19(25)23-16-8-6-15(7-9-16)18(24)22-13-12-14-4-10-17(11-5-14)29(21,26)27/h4-11H,12-13H2,1-3H3,(H,22,24)(H,23,25)(H2,21,26,27). The van der Waals surface area contributed by atoms with E-state index in [0.29, 0.717) is 24.2 Å². The minimum Gasteiger partial charge on any atom is -0.444 e. The van der Waals surface area contributed by atoms with Crippen molar-refractivity contribution in [2.24, 2.45) is 5.14 Å². The number of carbonyl (C=O) groups is 2. The molecule has 2 rings (SSSR count). The first-order valence-corrected chi connectivity index (χ1v) is 10.5. The van der Waals surface area contributed by atoms with Crippen LogP contribution >= 0.6 is 0 Å². The largest absolute Gasteiger partial charge is 0.444 e. The van der Waals surface area contributed by atoms with Crippen LogP contribution in [0.5, 0.6) is 0 Å². The maximum Gasteiger partial charge on any atom is 0.412 e. The second-order valence-electron chi connectivity index (χ2n) is 7.40. The molecular weight excluding hydrogens is 394 g/mol. The van der Waals surface area contributed by atoms with Gasteiger partial charge < -0.3 is 10.1 Å². The Kier molecular flexibility index (Phi) is 6.99. The van der Waals surface area contributed by atoms with Gasteiger partial charge in [-0.25, -0.2) is 18.4 Å². The van der Waals surface area contributed by atoms with Crippen molar-refractivity contribution < 1.29 is 22.7 Å². The lowest BCUT2D eigenvalue weighted by atomic mass is 10.1. The molecule has 0 atom stereocenters. The fourth-order valence-electron chi connectivity index (χ4n) is 2.39. The first-order chi connectivity index (χ1) is 13.4. The Morgan fingerprint density at radius 2 is 1.59 bits per heavy atom. The van der Waals surface area contributed by atoms with Crippen LogP contribution in [0.1, 0.15) is 36.7 Å². The average molecular weight is 420 g/mol. The highest BCUT2D eigenvalue weighted by Crippen LogP contribution is 2.13. The van der Waals surface area contributed by atoms with Crippen LogP contribution in [0.2, 0.25) is 0 Å². The Morgan fingerprint density at radius 3 is 2.10 bits per heavy atom. The molecule has 2 aromatic carbocycles. The molecule has 2 aromatic rings. The Hall–Kier alpha value is -2.91. The lowest BCUT2D eigenvalue weighted by molar-refractivity contribution is 0.0635. The highest BCUT2D eigenvalue weighted by Gasteiger charge is 2.16. The lowest BCUT2D eigenvalue weighted by Crippen LogP contribution is -2.27. The van der Waals surface area contributed by atoms with E-state index < -0.39 is 21.7 Å². The zero-order valence-corrected chi connectivity index (χ0v) is 17.4. The number of nitrogens with one attached hydrogen (secondary N) is 2. The zero-order chi connectivity index (χ0) is 21.7. The second-order valence-corrected chi connectivity index (χ2v) is 8.96. The van der Waals surface area contributed by atoms with Crippen LogP contribution < -0.4 is 15.8 Å². The van der Waals surface area contributed by atoms with Gasteiger partial charge in [0.15, 0.2) is 0 Å². The third-order valence-electron chi connectivity index (χ3n) is 3.74. The van der Waals surface area contributed by atoms with E-state index in [1.807, 2.05) is 0 Å². The van der Waals surface area contributed by atoms with Crippen molar-refractivity contribution in [1.82, 2.24) is 5.32 Å². The average Bonchev–Trinajstić information content (AvgIpc) is 2.60. The number of nitrogens with two attached hydrogens (primary N) is 1. The number of benzene rings is 2. The van der Waals surface area contributed by atoms with Gasteiger partial charge in [-0.2, -0.15) is 0 Å². The topological polar surface area (TPSA) is 128 Å². The van der Waals surface area contributed by atoms with Crippen molar-refractivity contribution >= 4 is 27.7 Å². The number of rotatable bonds is 6. The first kappa shape index (κ1) is 22.4. The summed E-state index contributed by atoms with van der Waals surface area (Å²) in [6.07, 6.45) is -0.0299. The molecule has 9 heteroatoms. The smallest absolute Gasteiger partial charge is 0.412 e. The fraction of sp³-hybridized carbons (Fsp3) is 0.300. The molecule has 0 saturated carbocycles. The third-order valence-corrected chi connectivity index (χ3v) is 4.67. The highest BCUT2D eigenvalue weighted by molar-refractivity contribution is 7.89. The van der Waals surface area contributed by atoms with Gasteiger partial charge in [0, 0.05) is 17.8 Å². The molecule has 0 spiro atoms.